The maximum atomic E-state index is 12.3. The third kappa shape index (κ3) is 6.77. The molecule has 0 bridgehead atoms. The van der Waals surface area contributed by atoms with Gasteiger partial charge < -0.3 is 26.0 Å². The van der Waals surface area contributed by atoms with Gasteiger partial charge in [0.1, 0.15) is 29.0 Å². The largest absolute Gasteiger partial charge is 0.494 e. The highest BCUT2D eigenvalue weighted by Gasteiger charge is 2.25. The van der Waals surface area contributed by atoms with Crippen molar-refractivity contribution in [2.24, 2.45) is 16.7 Å². The summed E-state index contributed by atoms with van der Waals surface area (Å²) in [4.78, 5) is 27.9. The number of ether oxygens (including phenoxy) is 1. The summed E-state index contributed by atoms with van der Waals surface area (Å²) in [6.07, 6.45) is 1.58. The standard InChI is InChI=1S/C26H28IN12O2P.C2H6/c1-14-31-23-17(32-16-7-4-6-15(24(16)41-3)25(29)36-37(2)30)12-21(35-26(23)39(14)42-27)34-20-10-9-19(18(13-28)33-20)38-11-5-8-22(38)40;1-2/h4,6-7,9-10,12,42H,5,8,11,30H2,1-3H3,(H2,29,36)(H2,32,33,34,35);1-2H3. The summed E-state index contributed by atoms with van der Waals surface area (Å²) in [5.41, 5.74) is 10.0. The number of nitrogens with two attached hydrogens (primary N) is 2. The molecule has 3 aromatic heterocycles. The van der Waals surface area contributed by atoms with Gasteiger partial charge in [-0.1, -0.05) is 19.9 Å². The number of hydrogen-bond acceptors (Lipinski definition) is 11. The number of nitrogens with zero attached hydrogens (tertiary/aromatic N) is 8. The predicted octanol–water partition coefficient (Wildman–Crippen LogP) is 4.87. The number of aryl methyl sites for hydroxylation is 1. The molecule has 1 aliphatic rings. The van der Waals surface area contributed by atoms with Gasteiger partial charge in [0, 0.05) is 26.1 Å². The number of benzene rings is 1. The van der Waals surface area contributed by atoms with E-state index in [1.54, 1.807) is 43.3 Å². The number of fused-ring (bicyclic) bond motifs is 1. The third-order valence-corrected chi connectivity index (χ3v) is 8.65. The van der Waals surface area contributed by atoms with E-state index in [1.807, 2.05) is 37.2 Å². The van der Waals surface area contributed by atoms with Gasteiger partial charge in [-0.3, -0.25) is 9.13 Å². The van der Waals surface area contributed by atoms with Gasteiger partial charge in [0.2, 0.25) is 5.91 Å². The third-order valence-electron chi connectivity index (χ3n) is 6.50. The predicted molar refractivity (Wildman–Crippen MR) is 184 cm³/mol. The number of imidazole rings is 1. The van der Waals surface area contributed by atoms with Crippen LogP contribution in [0.25, 0.3) is 11.2 Å². The summed E-state index contributed by atoms with van der Waals surface area (Å²) in [5.74, 6) is 8.00. The molecule has 44 heavy (non-hydrogen) atoms. The second kappa shape index (κ2) is 14.5. The number of amidine groups is 1. The van der Waals surface area contributed by atoms with Crippen LogP contribution in [0, 0.1) is 18.3 Å². The molecule has 0 saturated carbocycles. The maximum Gasteiger partial charge on any atom is 0.227 e. The van der Waals surface area contributed by atoms with E-state index in [4.69, 9.17) is 26.3 Å². The zero-order valence-corrected chi connectivity index (χ0v) is 28.2. The minimum Gasteiger partial charge on any atom is -0.494 e. The Kier molecular flexibility index (Phi) is 10.7. The van der Waals surface area contributed by atoms with Crippen LogP contribution in [0.1, 0.15) is 43.8 Å². The number of hydrazone groups is 1. The fourth-order valence-electron chi connectivity index (χ4n) is 4.70. The number of hydrazine groups is 1. The zero-order chi connectivity index (χ0) is 32.0. The summed E-state index contributed by atoms with van der Waals surface area (Å²) in [7, 11) is 3.12. The van der Waals surface area contributed by atoms with Crippen LogP contribution < -0.4 is 31.8 Å². The molecule has 16 heteroatoms. The van der Waals surface area contributed by atoms with Crippen molar-refractivity contribution in [3.8, 4) is 11.8 Å². The Hall–Kier alpha value is -4.26. The molecule has 1 amide bonds. The van der Waals surface area contributed by atoms with Crippen LogP contribution in [0.3, 0.4) is 0 Å². The van der Waals surface area contributed by atoms with Crippen molar-refractivity contribution in [3.05, 3.63) is 53.5 Å². The van der Waals surface area contributed by atoms with Crippen LogP contribution in [-0.2, 0) is 4.79 Å². The van der Waals surface area contributed by atoms with E-state index < -0.39 is 0 Å². The number of methoxy groups -OCH3 is 1. The lowest BCUT2D eigenvalue weighted by molar-refractivity contribution is -0.117. The van der Waals surface area contributed by atoms with E-state index in [-0.39, 0.29) is 17.4 Å². The summed E-state index contributed by atoms with van der Waals surface area (Å²) < 4.78 is 7.73. The molecule has 0 aliphatic carbocycles. The molecule has 0 spiro atoms. The minimum absolute atomic E-state index is 0.0114. The van der Waals surface area contributed by atoms with E-state index in [1.165, 1.54) is 0 Å². The van der Waals surface area contributed by atoms with Gasteiger partial charge in [-0.15, -0.1) is 5.10 Å². The maximum absolute atomic E-state index is 12.3. The summed E-state index contributed by atoms with van der Waals surface area (Å²) >= 11 is 2.29. The lowest BCUT2D eigenvalue weighted by Crippen LogP contribution is -2.26. The molecule has 1 saturated heterocycles. The molecular weight excluding hydrogens is 694 g/mol. The van der Waals surface area contributed by atoms with Crippen LogP contribution in [0.4, 0.5) is 28.7 Å². The Bertz CT molecular complexity index is 1750. The number of nitriles is 1. The monoisotopic (exact) mass is 728 g/mol. The molecule has 5 rings (SSSR count). The molecule has 230 valence electrons. The number of nitrogens with one attached hydrogen (secondary N) is 2. The lowest BCUT2D eigenvalue weighted by Gasteiger charge is -2.18. The molecular formula is C28H34IN12O2P. The topological polar surface area (TPSA) is 189 Å². The molecule has 1 atom stereocenters. The first kappa shape index (κ1) is 32.6. The number of para-hydroxylation sites is 1. The molecule has 1 unspecified atom stereocenters. The Labute approximate surface area is 270 Å². The smallest absolute Gasteiger partial charge is 0.227 e. The van der Waals surface area contributed by atoms with E-state index in [9.17, 15) is 10.1 Å². The zero-order valence-electron chi connectivity index (χ0n) is 25.0. The molecule has 1 aliphatic heterocycles. The summed E-state index contributed by atoms with van der Waals surface area (Å²) in [5, 5.41) is 21.7. The Morgan fingerprint density at radius 2 is 1.95 bits per heavy atom. The minimum atomic E-state index is -0.0114. The summed E-state index contributed by atoms with van der Waals surface area (Å²) in [6.45, 7) is 6.49. The number of carbonyl (C=O) groups is 1. The van der Waals surface area contributed by atoms with Crippen molar-refractivity contribution in [3.63, 3.8) is 0 Å². The number of pyridine rings is 2. The number of hydrogen-bond donors (Lipinski definition) is 4. The van der Waals surface area contributed by atoms with Crippen molar-refractivity contribution >= 4 is 80.0 Å². The number of aromatic nitrogens is 4. The van der Waals surface area contributed by atoms with Crippen molar-refractivity contribution in [1.82, 2.24) is 24.4 Å². The first-order valence-electron chi connectivity index (χ1n) is 13.8. The van der Waals surface area contributed by atoms with Crippen molar-refractivity contribution in [2.75, 3.05) is 36.2 Å². The van der Waals surface area contributed by atoms with Gasteiger partial charge in [-0.25, -0.2) is 25.9 Å². The first-order valence-corrected chi connectivity index (χ1v) is 17.8. The molecule has 6 N–H and O–H groups in total. The number of halogens is 1. The van der Waals surface area contributed by atoms with E-state index in [0.717, 1.165) is 17.4 Å². The number of amides is 1. The van der Waals surface area contributed by atoms with E-state index in [0.29, 0.717) is 70.5 Å². The van der Waals surface area contributed by atoms with Gasteiger partial charge in [0.25, 0.3) is 0 Å². The van der Waals surface area contributed by atoms with Crippen LogP contribution in [0.15, 0.2) is 41.5 Å². The molecule has 0 radical (unpaired) electrons. The van der Waals surface area contributed by atoms with Gasteiger partial charge in [-0.2, -0.15) is 5.26 Å². The molecule has 1 fully saturated rings. The molecule has 4 heterocycles. The van der Waals surface area contributed by atoms with Gasteiger partial charge in [-0.05, 0) is 59.7 Å². The fourth-order valence-corrected chi connectivity index (χ4v) is 6.84. The molecule has 4 aromatic rings. The van der Waals surface area contributed by atoms with Gasteiger partial charge >= 0.3 is 0 Å². The highest BCUT2D eigenvalue weighted by Crippen LogP contribution is 2.38. The number of carbonyl (C=O) groups excluding carboxylic acids is 1. The fraction of sp³-hybridized carbons (Fsp3) is 0.286. The average Bonchev–Trinajstić information content (AvgIpc) is 3.59. The second-order valence-electron chi connectivity index (χ2n) is 9.33. The Balaban J connectivity index is 0.00000216. The Morgan fingerprint density at radius 1 is 1.18 bits per heavy atom. The van der Waals surface area contributed by atoms with Crippen molar-refractivity contribution in [2.45, 2.75) is 33.6 Å². The average molecular weight is 729 g/mol. The molecule has 1 aromatic carbocycles. The number of rotatable bonds is 9. The van der Waals surface area contributed by atoms with E-state index >= 15 is 0 Å². The van der Waals surface area contributed by atoms with E-state index in [2.05, 4.69) is 48.8 Å². The van der Waals surface area contributed by atoms with Crippen LogP contribution >= 0.6 is 28.4 Å². The first-order chi connectivity index (χ1) is 21.2. The molecule has 14 nitrogen and oxygen atoms in total. The van der Waals surface area contributed by atoms with Crippen molar-refractivity contribution < 1.29 is 9.53 Å². The lowest BCUT2D eigenvalue weighted by atomic mass is 10.1. The van der Waals surface area contributed by atoms with Crippen LogP contribution in [0.2, 0.25) is 0 Å². The summed E-state index contributed by atoms with van der Waals surface area (Å²) in [6, 6.07) is 12.8. The second-order valence-corrected chi connectivity index (χ2v) is 11.4. The normalized spacial score (nSPS) is 13.2. The van der Waals surface area contributed by atoms with Crippen molar-refractivity contribution in [1.29, 1.82) is 5.26 Å². The number of anilines is 5. The van der Waals surface area contributed by atoms with Crippen LogP contribution in [0.5, 0.6) is 5.75 Å². The van der Waals surface area contributed by atoms with Crippen LogP contribution in [-0.4, -0.2) is 56.9 Å². The highest BCUT2D eigenvalue weighted by atomic mass is 127. The Morgan fingerprint density at radius 3 is 2.59 bits per heavy atom. The highest BCUT2D eigenvalue weighted by molar-refractivity contribution is 14.2. The quantitative estimate of drug-likeness (QED) is 0.0460. The SMILES string of the molecule is CC.COc1c(Nc2cc(Nc3ccc(N4CCCC4=O)c(C#N)n3)nc3c2nc(C)n3PI)cccc1/C(N)=N/N(C)N. The van der Waals surface area contributed by atoms with Gasteiger partial charge in [0.15, 0.2) is 22.9 Å². The van der Waals surface area contributed by atoms with Gasteiger partial charge in [0.05, 0.1) is 36.1 Å².